The van der Waals surface area contributed by atoms with Gasteiger partial charge in [0.2, 0.25) is 0 Å². The number of phenols is 1. The van der Waals surface area contributed by atoms with E-state index in [-0.39, 0.29) is 29.8 Å². The van der Waals surface area contributed by atoms with E-state index < -0.39 is 18.2 Å². The first kappa shape index (κ1) is 23.3. The van der Waals surface area contributed by atoms with Gasteiger partial charge in [-0.1, -0.05) is 19.1 Å². The molecule has 0 heterocycles. The van der Waals surface area contributed by atoms with Crippen molar-refractivity contribution in [2.75, 3.05) is 17.7 Å². The van der Waals surface area contributed by atoms with Gasteiger partial charge in [-0.2, -0.15) is 12.6 Å². The second-order valence-corrected chi connectivity index (χ2v) is 7.14. The van der Waals surface area contributed by atoms with Crippen molar-refractivity contribution in [1.82, 2.24) is 0 Å². The lowest BCUT2D eigenvalue weighted by atomic mass is 9.94. The molecule has 8 heteroatoms. The fourth-order valence-corrected chi connectivity index (χ4v) is 2.87. The molecule has 0 unspecified atom stereocenters. The van der Waals surface area contributed by atoms with Crippen molar-refractivity contribution in [3.63, 3.8) is 0 Å². The largest absolute Gasteiger partial charge is 0.508 e. The summed E-state index contributed by atoms with van der Waals surface area (Å²) in [5.41, 5.74) is 1.73. The number of rotatable bonds is 9. The first-order chi connectivity index (χ1) is 14.3. The lowest BCUT2D eigenvalue weighted by molar-refractivity contribution is -0.141. The molecule has 2 aromatic carbocycles. The molecule has 0 aromatic heterocycles. The van der Waals surface area contributed by atoms with E-state index >= 15 is 0 Å². The predicted molar refractivity (Wildman–Crippen MR) is 116 cm³/mol. The SMILES string of the molecule is CC(=O)c1ccc(NC(=O)O[C@@H](c2ccc(O)cc2)[C@@H](C)CCOC(=O)CS)cc1. The third-order valence-corrected chi connectivity index (χ3v) is 4.73. The van der Waals surface area contributed by atoms with E-state index in [1.807, 2.05) is 6.92 Å². The van der Waals surface area contributed by atoms with Gasteiger partial charge in [-0.3, -0.25) is 14.9 Å². The zero-order valence-corrected chi connectivity index (χ0v) is 17.7. The number of anilines is 1. The third kappa shape index (κ3) is 7.11. The highest BCUT2D eigenvalue weighted by Crippen LogP contribution is 2.30. The number of carbonyl (C=O) groups is 3. The average Bonchev–Trinajstić information content (AvgIpc) is 2.73. The summed E-state index contributed by atoms with van der Waals surface area (Å²) in [4.78, 5) is 35.1. The van der Waals surface area contributed by atoms with Crippen molar-refractivity contribution in [1.29, 1.82) is 0 Å². The number of amides is 1. The van der Waals surface area contributed by atoms with Crippen LogP contribution in [-0.4, -0.2) is 35.3 Å². The maximum atomic E-state index is 12.5. The average molecular weight is 432 g/mol. The van der Waals surface area contributed by atoms with Crippen LogP contribution in [0.1, 0.15) is 42.3 Å². The Labute approximate surface area is 180 Å². The topological polar surface area (TPSA) is 102 Å². The molecule has 2 N–H and O–H groups in total. The van der Waals surface area contributed by atoms with E-state index in [0.717, 1.165) is 0 Å². The molecule has 2 rings (SSSR count). The lowest BCUT2D eigenvalue weighted by Crippen LogP contribution is -2.23. The Morgan fingerprint density at radius 1 is 1.07 bits per heavy atom. The first-order valence-corrected chi connectivity index (χ1v) is 10.1. The molecule has 2 aromatic rings. The van der Waals surface area contributed by atoms with Crippen LogP contribution in [0.15, 0.2) is 48.5 Å². The molecule has 0 fully saturated rings. The Hall–Kier alpha value is -3.00. The van der Waals surface area contributed by atoms with Gasteiger partial charge < -0.3 is 14.6 Å². The Kier molecular flexibility index (Phi) is 8.73. The smallest absolute Gasteiger partial charge is 0.412 e. The molecule has 0 spiro atoms. The van der Waals surface area contributed by atoms with Gasteiger partial charge in [0.15, 0.2) is 5.78 Å². The number of nitrogens with one attached hydrogen (secondary N) is 1. The minimum Gasteiger partial charge on any atom is -0.508 e. The number of Topliss-reactive ketones (excluding diaryl/α,β-unsaturated/α-hetero) is 1. The maximum Gasteiger partial charge on any atom is 0.412 e. The van der Waals surface area contributed by atoms with Gasteiger partial charge in [0.05, 0.1) is 12.4 Å². The van der Waals surface area contributed by atoms with Crippen LogP contribution in [0.2, 0.25) is 0 Å². The Balaban J connectivity index is 2.07. The summed E-state index contributed by atoms with van der Waals surface area (Å²) in [6.07, 6.45) is -0.828. The summed E-state index contributed by atoms with van der Waals surface area (Å²) < 4.78 is 10.7. The van der Waals surface area contributed by atoms with Gasteiger partial charge in [0.1, 0.15) is 11.9 Å². The van der Waals surface area contributed by atoms with Crippen LogP contribution >= 0.6 is 12.6 Å². The Morgan fingerprint density at radius 2 is 1.70 bits per heavy atom. The van der Waals surface area contributed by atoms with Crippen molar-refractivity contribution in [3.05, 3.63) is 59.7 Å². The van der Waals surface area contributed by atoms with Crippen molar-refractivity contribution < 1.29 is 29.0 Å². The molecule has 0 aliphatic carbocycles. The molecule has 0 aliphatic rings. The Morgan fingerprint density at radius 3 is 2.27 bits per heavy atom. The number of aromatic hydroxyl groups is 1. The van der Waals surface area contributed by atoms with Crippen molar-refractivity contribution in [2.45, 2.75) is 26.4 Å². The van der Waals surface area contributed by atoms with Crippen molar-refractivity contribution in [3.8, 4) is 5.75 Å². The monoisotopic (exact) mass is 431 g/mol. The number of carbonyl (C=O) groups excluding carboxylic acids is 3. The summed E-state index contributed by atoms with van der Waals surface area (Å²) in [5, 5.41) is 12.2. The summed E-state index contributed by atoms with van der Waals surface area (Å²) in [7, 11) is 0. The number of benzene rings is 2. The second kappa shape index (κ2) is 11.3. The highest BCUT2D eigenvalue weighted by atomic mass is 32.1. The van der Waals surface area contributed by atoms with Crippen molar-refractivity contribution in [2.24, 2.45) is 5.92 Å². The van der Waals surface area contributed by atoms with E-state index in [9.17, 15) is 19.5 Å². The van der Waals surface area contributed by atoms with Gasteiger partial charge in [-0.25, -0.2) is 4.79 Å². The summed E-state index contributed by atoms with van der Waals surface area (Å²) >= 11 is 3.86. The van der Waals surface area contributed by atoms with Gasteiger partial charge in [-0.15, -0.1) is 0 Å². The number of ketones is 1. The van der Waals surface area contributed by atoms with E-state index in [2.05, 4.69) is 17.9 Å². The predicted octanol–water partition coefficient (Wildman–Crippen LogP) is 4.38. The number of ether oxygens (including phenoxy) is 2. The maximum absolute atomic E-state index is 12.5. The van der Waals surface area contributed by atoms with Gasteiger partial charge >= 0.3 is 12.1 Å². The highest BCUT2D eigenvalue weighted by Gasteiger charge is 2.24. The van der Waals surface area contributed by atoms with Gasteiger partial charge in [-0.05, 0) is 55.3 Å². The van der Waals surface area contributed by atoms with Crippen LogP contribution in [0.4, 0.5) is 10.5 Å². The van der Waals surface area contributed by atoms with Gasteiger partial charge in [0.25, 0.3) is 0 Å². The fraction of sp³-hybridized carbons (Fsp3) is 0.318. The third-order valence-electron chi connectivity index (χ3n) is 4.48. The van der Waals surface area contributed by atoms with Crippen LogP contribution in [0.25, 0.3) is 0 Å². The number of phenolic OH excluding ortho intramolecular Hbond substituents is 1. The molecule has 1 amide bonds. The summed E-state index contributed by atoms with van der Waals surface area (Å²) in [5.74, 6) is -0.559. The summed E-state index contributed by atoms with van der Waals surface area (Å²) in [6.45, 7) is 3.52. The molecule has 0 aliphatic heterocycles. The minimum absolute atomic E-state index is 0.00288. The number of esters is 1. The zero-order chi connectivity index (χ0) is 22.1. The standard InChI is InChI=1S/C22H25NO6S/c1-14(11-12-28-20(26)13-30)21(17-5-9-19(25)10-6-17)29-22(27)23-18-7-3-16(4-8-18)15(2)24/h3-10,14,21,25,30H,11-13H2,1-2H3,(H,23,27)/t14-,21+/m0/s1. The van der Waals surface area contributed by atoms with Crippen LogP contribution in [0.5, 0.6) is 5.75 Å². The molecule has 30 heavy (non-hydrogen) atoms. The summed E-state index contributed by atoms with van der Waals surface area (Å²) in [6, 6.07) is 12.8. The van der Waals surface area contributed by atoms with E-state index in [0.29, 0.717) is 23.2 Å². The minimum atomic E-state index is -0.664. The molecule has 0 bridgehead atoms. The molecular weight excluding hydrogens is 406 g/mol. The lowest BCUT2D eigenvalue weighted by Gasteiger charge is -2.25. The van der Waals surface area contributed by atoms with Crippen LogP contribution < -0.4 is 5.32 Å². The van der Waals surface area contributed by atoms with Gasteiger partial charge in [0, 0.05) is 17.2 Å². The molecular formula is C22H25NO6S. The molecule has 0 saturated heterocycles. The van der Waals surface area contributed by atoms with Crippen LogP contribution in [0, 0.1) is 5.92 Å². The molecule has 7 nitrogen and oxygen atoms in total. The van der Waals surface area contributed by atoms with Crippen LogP contribution in [0.3, 0.4) is 0 Å². The molecule has 160 valence electrons. The number of hydrogen-bond donors (Lipinski definition) is 3. The highest BCUT2D eigenvalue weighted by molar-refractivity contribution is 7.81. The quantitative estimate of drug-likeness (QED) is 0.309. The molecule has 2 atom stereocenters. The Bertz CT molecular complexity index is 866. The van der Waals surface area contributed by atoms with Crippen molar-refractivity contribution >= 4 is 36.2 Å². The van der Waals surface area contributed by atoms with Crippen LogP contribution in [-0.2, 0) is 14.3 Å². The zero-order valence-electron chi connectivity index (χ0n) is 16.8. The normalized spacial score (nSPS) is 12.5. The molecule has 0 saturated carbocycles. The van der Waals surface area contributed by atoms with E-state index in [4.69, 9.17) is 9.47 Å². The first-order valence-electron chi connectivity index (χ1n) is 9.44. The fourth-order valence-electron chi connectivity index (χ4n) is 2.78. The molecule has 0 radical (unpaired) electrons. The number of thiol groups is 1. The second-order valence-electron chi connectivity index (χ2n) is 6.82. The van der Waals surface area contributed by atoms with E-state index in [1.165, 1.54) is 19.1 Å². The number of hydrogen-bond acceptors (Lipinski definition) is 7. The van der Waals surface area contributed by atoms with E-state index in [1.54, 1.807) is 36.4 Å².